The first-order chi connectivity index (χ1) is 12.3. The first-order valence-electron chi connectivity index (χ1n) is 7.80. The number of hydrogen-bond acceptors (Lipinski definition) is 7. The van der Waals surface area contributed by atoms with Crippen molar-refractivity contribution in [2.24, 2.45) is 5.16 Å². The van der Waals surface area contributed by atoms with Crippen molar-refractivity contribution in [1.82, 2.24) is 4.90 Å². The summed E-state index contributed by atoms with van der Waals surface area (Å²) in [5.74, 6) is 0.613. The highest BCUT2D eigenvalue weighted by Gasteiger charge is 2.32. The fourth-order valence-corrected chi connectivity index (χ4v) is 4.66. The lowest BCUT2D eigenvalue weighted by atomic mass is 10.2. The van der Waals surface area contributed by atoms with Crippen LogP contribution in [0.2, 0.25) is 5.02 Å². The third-order valence-electron chi connectivity index (χ3n) is 4.07. The van der Waals surface area contributed by atoms with Gasteiger partial charge in [-0.1, -0.05) is 16.8 Å². The Morgan fingerprint density at radius 1 is 1.38 bits per heavy atom. The molecule has 0 unspecified atom stereocenters. The zero-order chi connectivity index (χ0) is 19.3. The van der Waals surface area contributed by atoms with E-state index < -0.39 is 9.84 Å². The number of methoxy groups -OCH3 is 2. The number of sulfone groups is 1. The van der Waals surface area contributed by atoms with Crippen molar-refractivity contribution >= 4 is 33.6 Å². The fourth-order valence-electron chi connectivity index (χ4n) is 2.59. The van der Waals surface area contributed by atoms with Gasteiger partial charge in [0.15, 0.2) is 27.9 Å². The standard InChI is InChI=1S/C16H21ClN2O6S/c1-19(12-4-5-26(21,22)10-12)15(20)9-25-18-8-11-6-13(17)16(24-3)14(7-11)23-2/h6-8,12H,4-5,9-10H2,1-3H3/b18-8-/t12-/m1/s1. The molecule has 1 aliphatic heterocycles. The van der Waals surface area contributed by atoms with Crippen LogP contribution in [0.1, 0.15) is 12.0 Å². The molecule has 0 aromatic heterocycles. The van der Waals surface area contributed by atoms with Crippen molar-refractivity contribution in [1.29, 1.82) is 0 Å². The van der Waals surface area contributed by atoms with Crippen LogP contribution in [0.4, 0.5) is 0 Å². The van der Waals surface area contributed by atoms with Gasteiger partial charge in [-0.2, -0.15) is 0 Å². The molecule has 144 valence electrons. The largest absolute Gasteiger partial charge is 0.493 e. The highest BCUT2D eigenvalue weighted by Crippen LogP contribution is 2.35. The molecular formula is C16H21ClN2O6S. The molecule has 0 radical (unpaired) electrons. The van der Waals surface area contributed by atoms with E-state index in [2.05, 4.69) is 5.16 Å². The van der Waals surface area contributed by atoms with Crippen LogP contribution in [0.3, 0.4) is 0 Å². The number of ether oxygens (including phenoxy) is 2. The number of halogens is 1. The molecule has 1 aromatic carbocycles. The van der Waals surface area contributed by atoms with Crippen molar-refractivity contribution in [3.8, 4) is 11.5 Å². The van der Waals surface area contributed by atoms with E-state index in [0.29, 0.717) is 28.5 Å². The van der Waals surface area contributed by atoms with E-state index in [9.17, 15) is 13.2 Å². The van der Waals surface area contributed by atoms with Crippen LogP contribution < -0.4 is 9.47 Å². The molecule has 10 heteroatoms. The summed E-state index contributed by atoms with van der Waals surface area (Å²) < 4.78 is 33.3. The van der Waals surface area contributed by atoms with Crippen LogP contribution in [0.15, 0.2) is 17.3 Å². The molecule has 8 nitrogen and oxygen atoms in total. The van der Waals surface area contributed by atoms with Crippen molar-refractivity contribution in [2.75, 3.05) is 39.4 Å². The van der Waals surface area contributed by atoms with Gasteiger partial charge in [-0.05, 0) is 18.6 Å². The Hall–Kier alpha value is -2.00. The molecule has 1 atom stereocenters. The molecule has 1 aromatic rings. The van der Waals surface area contributed by atoms with Gasteiger partial charge in [0.2, 0.25) is 0 Å². The van der Waals surface area contributed by atoms with Crippen molar-refractivity contribution in [3.05, 3.63) is 22.7 Å². The average molecular weight is 405 g/mol. The molecule has 0 saturated carbocycles. The zero-order valence-corrected chi connectivity index (χ0v) is 16.3. The number of amides is 1. The second kappa shape index (κ2) is 8.59. The number of likely N-dealkylation sites (N-methyl/N-ethyl adjacent to an activating group) is 1. The minimum Gasteiger partial charge on any atom is -0.493 e. The van der Waals surface area contributed by atoms with E-state index in [1.807, 2.05) is 0 Å². The summed E-state index contributed by atoms with van der Waals surface area (Å²) in [5, 5.41) is 4.10. The van der Waals surface area contributed by atoms with E-state index in [1.54, 1.807) is 19.2 Å². The molecule has 2 rings (SSSR count). The molecule has 1 amide bonds. The van der Waals surface area contributed by atoms with Crippen molar-refractivity contribution < 1.29 is 27.5 Å². The van der Waals surface area contributed by atoms with Crippen LogP contribution in [-0.2, 0) is 19.5 Å². The molecule has 1 heterocycles. The summed E-state index contributed by atoms with van der Waals surface area (Å²) in [5.41, 5.74) is 0.607. The minimum atomic E-state index is -3.05. The molecule has 0 bridgehead atoms. The van der Waals surface area contributed by atoms with Crippen molar-refractivity contribution in [2.45, 2.75) is 12.5 Å². The molecule has 0 spiro atoms. The molecule has 26 heavy (non-hydrogen) atoms. The predicted octanol–water partition coefficient (Wildman–Crippen LogP) is 1.35. The Labute approximate surface area is 157 Å². The summed E-state index contributed by atoms with van der Waals surface area (Å²) in [7, 11) is 1.49. The van der Waals surface area contributed by atoms with E-state index in [-0.39, 0.29) is 30.1 Å². The van der Waals surface area contributed by atoms with Gasteiger partial charge in [-0.3, -0.25) is 4.79 Å². The maximum absolute atomic E-state index is 12.1. The number of oxime groups is 1. The lowest BCUT2D eigenvalue weighted by molar-refractivity contribution is -0.136. The zero-order valence-electron chi connectivity index (χ0n) is 14.8. The fraction of sp³-hybridized carbons (Fsp3) is 0.500. The van der Waals surface area contributed by atoms with E-state index in [0.717, 1.165) is 0 Å². The smallest absolute Gasteiger partial charge is 0.263 e. The number of carbonyl (C=O) groups is 1. The second-order valence-corrected chi connectivity index (χ2v) is 8.44. The first kappa shape index (κ1) is 20.3. The molecule has 1 fully saturated rings. The Kier molecular flexibility index (Phi) is 6.71. The van der Waals surface area contributed by atoms with Gasteiger partial charge in [0.25, 0.3) is 5.91 Å². The Morgan fingerprint density at radius 3 is 2.69 bits per heavy atom. The van der Waals surface area contributed by atoms with Crippen LogP contribution in [0.5, 0.6) is 11.5 Å². The number of nitrogens with zero attached hydrogens (tertiary/aromatic N) is 2. The van der Waals surface area contributed by atoms with Gasteiger partial charge in [0, 0.05) is 18.7 Å². The highest BCUT2D eigenvalue weighted by atomic mass is 35.5. The summed E-state index contributed by atoms with van der Waals surface area (Å²) in [4.78, 5) is 18.5. The summed E-state index contributed by atoms with van der Waals surface area (Å²) >= 11 is 6.10. The quantitative estimate of drug-likeness (QED) is 0.503. The Balaban J connectivity index is 1.91. The normalized spacial score (nSPS) is 18.7. The third kappa shape index (κ3) is 5.01. The number of benzene rings is 1. The van der Waals surface area contributed by atoms with Gasteiger partial charge >= 0.3 is 0 Å². The van der Waals surface area contributed by atoms with Gasteiger partial charge in [-0.15, -0.1) is 0 Å². The maximum Gasteiger partial charge on any atom is 0.263 e. The lowest BCUT2D eigenvalue weighted by Gasteiger charge is -2.22. The molecule has 0 aliphatic carbocycles. The SMILES string of the molecule is COc1cc(/C=N\OCC(=O)N(C)[C@@H]2CCS(=O)(=O)C2)cc(Cl)c1OC. The van der Waals surface area contributed by atoms with Crippen LogP contribution >= 0.6 is 11.6 Å². The number of hydrogen-bond donors (Lipinski definition) is 0. The molecule has 0 N–H and O–H groups in total. The number of carbonyl (C=O) groups excluding carboxylic acids is 1. The lowest BCUT2D eigenvalue weighted by Crippen LogP contribution is -2.39. The van der Waals surface area contributed by atoms with Gasteiger partial charge in [-0.25, -0.2) is 8.42 Å². The average Bonchev–Trinajstić information content (AvgIpc) is 2.97. The Bertz CT molecular complexity index is 796. The summed E-state index contributed by atoms with van der Waals surface area (Å²) in [6.07, 6.45) is 1.83. The van der Waals surface area contributed by atoms with Gasteiger partial charge in [0.05, 0.1) is 37.0 Å². The monoisotopic (exact) mass is 404 g/mol. The maximum atomic E-state index is 12.1. The Morgan fingerprint density at radius 2 is 2.12 bits per heavy atom. The van der Waals surface area contributed by atoms with E-state index >= 15 is 0 Å². The topological polar surface area (TPSA) is 94.5 Å². The summed E-state index contributed by atoms with van der Waals surface area (Å²) in [6.45, 7) is -0.287. The number of rotatable bonds is 7. The highest BCUT2D eigenvalue weighted by molar-refractivity contribution is 7.91. The van der Waals surface area contributed by atoms with Gasteiger partial charge < -0.3 is 19.2 Å². The molecular weight excluding hydrogens is 384 g/mol. The van der Waals surface area contributed by atoms with Crippen LogP contribution in [0.25, 0.3) is 0 Å². The van der Waals surface area contributed by atoms with Crippen LogP contribution in [-0.4, -0.2) is 70.9 Å². The van der Waals surface area contributed by atoms with E-state index in [1.165, 1.54) is 25.3 Å². The summed E-state index contributed by atoms with van der Waals surface area (Å²) in [6, 6.07) is 2.96. The third-order valence-corrected chi connectivity index (χ3v) is 6.10. The van der Waals surface area contributed by atoms with E-state index in [4.69, 9.17) is 25.9 Å². The molecule has 1 aliphatic rings. The van der Waals surface area contributed by atoms with Crippen LogP contribution in [0, 0.1) is 0 Å². The second-order valence-electron chi connectivity index (χ2n) is 5.81. The molecule has 1 saturated heterocycles. The first-order valence-corrected chi connectivity index (χ1v) is 10.00. The van der Waals surface area contributed by atoms with Crippen molar-refractivity contribution in [3.63, 3.8) is 0 Å². The van der Waals surface area contributed by atoms with Gasteiger partial charge in [0.1, 0.15) is 0 Å². The predicted molar refractivity (Wildman–Crippen MR) is 97.9 cm³/mol. The minimum absolute atomic E-state index is 0.0113.